The quantitative estimate of drug-likeness (QED) is 0.589. The molecule has 0 aromatic heterocycles. The molecule has 0 aliphatic heterocycles. The molecule has 0 bridgehead atoms. The third-order valence-electron chi connectivity index (χ3n) is 5.75. The highest BCUT2D eigenvalue weighted by molar-refractivity contribution is 5.78. The van der Waals surface area contributed by atoms with Gasteiger partial charge in [-0.2, -0.15) is 0 Å². The smallest absolute Gasteiger partial charge is 0.0117 e. The molecule has 0 saturated heterocycles. The summed E-state index contributed by atoms with van der Waals surface area (Å²) in [6.07, 6.45) is 0. The van der Waals surface area contributed by atoms with Gasteiger partial charge < -0.3 is 0 Å². The molecule has 21 heavy (non-hydrogen) atoms. The summed E-state index contributed by atoms with van der Waals surface area (Å²) in [5, 5.41) is 0. The van der Waals surface area contributed by atoms with Gasteiger partial charge in [0.15, 0.2) is 0 Å². The first kappa shape index (κ1) is 15.8. The Labute approximate surface area is 130 Å². The molecule has 2 aromatic carbocycles. The van der Waals surface area contributed by atoms with E-state index in [-0.39, 0.29) is 0 Å². The van der Waals surface area contributed by atoms with Crippen LogP contribution in [0.2, 0.25) is 0 Å². The second kappa shape index (κ2) is 5.33. The Morgan fingerprint density at radius 3 is 1.29 bits per heavy atom. The molecule has 0 unspecified atom stereocenters. The zero-order valence-electron chi connectivity index (χ0n) is 15.1. The van der Waals surface area contributed by atoms with E-state index < -0.39 is 0 Å². The summed E-state index contributed by atoms with van der Waals surface area (Å²) in [7, 11) is 0. The van der Waals surface area contributed by atoms with Gasteiger partial charge in [0.25, 0.3) is 0 Å². The van der Waals surface area contributed by atoms with Gasteiger partial charge in [-0.15, -0.1) is 0 Å². The highest BCUT2D eigenvalue weighted by Gasteiger charge is 2.17. The molecule has 0 aliphatic rings. The van der Waals surface area contributed by atoms with E-state index in [0.29, 0.717) is 0 Å². The van der Waals surface area contributed by atoms with Gasteiger partial charge in [0, 0.05) is 0 Å². The molecule has 0 N–H and O–H groups in total. The van der Waals surface area contributed by atoms with E-state index in [1.54, 1.807) is 0 Å². The lowest BCUT2D eigenvalue weighted by atomic mass is 9.82. The SMILES string of the molecule is Cc1cc(-c2c(C)c(C)c(C)c(C)c2C)c(C)c(C)c1C. The summed E-state index contributed by atoms with van der Waals surface area (Å²) < 4.78 is 0. The maximum atomic E-state index is 2.38. The fourth-order valence-corrected chi connectivity index (χ4v) is 3.38. The van der Waals surface area contributed by atoms with Crippen molar-refractivity contribution >= 4 is 0 Å². The molecular weight excluding hydrogens is 252 g/mol. The number of rotatable bonds is 1. The van der Waals surface area contributed by atoms with E-state index >= 15 is 0 Å². The molecule has 0 fully saturated rings. The molecule has 112 valence electrons. The molecule has 2 aromatic rings. The van der Waals surface area contributed by atoms with Crippen LogP contribution in [0.1, 0.15) is 50.1 Å². The lowest BCUT2D eigenvalue weighted by Gasteiger charge is -2.22. The van der Waals surface area contributed by atoms with Gasteiger partial charge in [0.1, 0.15) is 0 Å². The van der Waals surface area contributed by atoms with Crippen molar-refractivity contribution in [3.05, 3.63) is 56.1 Å². The average molecular weight is 280 g/mol. The van der Waals surface area contributed by atoms with E-state index in [1.807, 2.05) is 0 Å². The molecule has 0 aliphatic carbocycles. The Morgan fingerprint density at radius 2 is 0.810 bits per heavy atom. The van der Waals surface area contributed by atoms with Crippen molar-refractivity contribution in [2.45, 2.75) is 62.3 Å². The lowest BCUT2D eigenvalue weighted by molar-refractivity contribution is 1.16. The zero-order valence-corrected chi connectivity index (χ0v) is 15.1. The predicted octanol–water partition coefficient (Wildman–Crippen LogP) is 6.13. The highest BCUT2D eigenvalue weighted by Crippen LogP contribution is 2.37. The van der Waals surface area contributed by atoms with Gasteiger partial charge in [-0.1, -0.05) is 6.07 Å². The molecule has 0 atom stereocenters. The van der Waals surface area contributed by atoms with Crippen molar-refractivity contribution in [1.82, 2.24) is 0 Å². The van der Waals surface area contributed by atoms with E-state index in [9.17, 15) is 0 Å². The Morgan fingerprint density at radius 1 is 0.429 bits per heavy atom. The summed E-state index contributed by atoms with van der Waals surface area (Å²) in [6, 6.07) is 2.38. The predicted molar refractivity (Wildman–Crippen MR) is 94.5 cm³/mol. The Kier molecular flexibility index (Phi) is 4.02. The monoisotopic (exact) mass is 280 g/mol. The van der Waals surface area contributed by atoms with Crippen LogP contribution >= 0.6 is 0 Å². The summed E-state index contributed by atoms with van der Waals surface area (Å²) in [5.74, 6) is 0. The van der Waals surface area contributed by atoms with Crippen LogP contribution in [0.3, 0.4) is 0 Å². The Hall–Kier alpha value is -1.56. The Bertz CT molecular complexity index is 702. The maximum absolute atomic E-state index is 2.38. The minimum Gasteiger partial charge on any atom is -0.0509 e. The van der Waals surface area contributed by atoms with Crippen LogP contribution in [0.5, 0.6) is 0 Å². The van der Waals surface area contributed by atoms with Gasteiger partial charge >= 0.3 is 0 Å². The fourth-order valence-electron chi connectivity index (χ4n) is 3.38. The van der Waals surface area contributed by atoms with E-state index in [2.05, 4.69) is 68.4 Å². The minimum absolute atomic E-state index is 1.39. The molecule has 0 radical (unpaired) electrons. The van der Waals surface area contributed by atoms with Crippen molar-refractivity contribution in [3.63, 3.8) is 0 Å². The normalized spacial score (nSPS) is 11.1. The molecule has 0 heterocycles. The Balaban J connectivity index is 2.93. The van der Waals surface area contributed by atoms with Crippen LogP contribution in [0.4, 0.5) is 0 Å². The minimum atomic E-state index is 1.39. The standard InChI is InChI=1S/C21H28/c1-11-10-20(17(7)13(3)12(11)2)21-18(8)15(5)14(4)16(6)19(21)9/h10H,1-9H3. The number of benzene rings is 2. The van der Waals surface area contributed by atoms with Crippen LogP contribution in [-0.2, 0) is 0 Å². The van der Waals surface area contributed by atoms with Crippen molar-refractivity contribution in [3.8, 4) is 11.1 Å². The maximum Gasteiger partial charge on any atom is -0.0117 e. The first-order chi connectivity index (χ1) is 9.68. The van der Waals surface area contributed by atoms with Crippen LogP contribution < -0.4 is 0 Å². The van der Waals surface area contributed by atoms with Crippen molar-refractivity contribution < 1.29 is 0 Å². The first-order valence-corrected chi connectivity index (χ1v) is 7.83. The van der Waals surface area contributed by atoms with Crippen LogP contribution in [0.15, 0.2) is 6.07 Å². The topological polar surface area (TPSA) is 0 Å². The molecule has 0 spiro atoms. The van der Waals surface area contributed by atoms with Crippen molar-refractivity contribution in [2.75, 3.05) is 0 Å². The number of hydrogen-bond donors (Lipinski definition) is 0. The lowest BCUT2D eigenvalue weighted by Crippen LogP contribution is -2.02. The van der Waals surface area contributed by atoms with E-state index in [0.717, 1.165) is 0 Å². The van der Waals surface area contributed by atoms with Crippen LogP contribution in [0.25, 0.3) is 11.1 Å². The summed E-state index contributed by atoms with van der Waals surface area (Å²) >= 11 is 0. The third-order valence-corrected chi connectivity index (χ3v) is 5.75. The molecule has 0 amide bonds. The molecule has 0 nitrogen and oxygen atoms in total. The van der Waals surface area contributed by atoms with Gasteiger partial charge in [-0.05, 0) is 124 Å². The van der Waals surface area contributed by atoms with Gasteiger partial charge in [0.05, 0.1) is 0 Å². The van der Waals surface area contributed by atoms with Crippen LogP contribution in [-0.4, -0.2) is 0 Å². The first-order valence-electron chi connectivity index (χ1n) is 7.83. The van der Waals surface area contributed by atoms with Gasteiger partial charge in [-0.25, -0.2) is 0 Å². The largest absolute Gasteiger partial charge is 0.0509 e. The summed E-state index contributed by atoms with van der Waals surface area (Å²) in [5.41, 5.74) is 15.7. The third kappa shape index (κ3) is 2.31. The summed E-state index contributed by atoms with van der Waals surface area (Å²) in [6.45, 7) is 20.3. The highest BCUT2D eigenvalue weighted by atomic mass is 14.2. The summed E-state index contributed by atoms with van der Waals surface area (Å²) in [4.78, 5) is 0. The van der Waals surface area contributed by atoms with Gasteiger partial charge in [-0.3, -0.25) is 0 Å². The van der Waals surface area contributed by atoms with Crippen molar-refractivity contribution in [2.24, 2.45) is 0 Å². The second-order valence-corrected chi connectivity index (χ2v) is 6.62. The fraction of sp³-hybridized carbons (Fsp3) is 0.429. The van der Waals surface area contributed by atoms with Crippen molar-refractivity contribution in [1.29, 1.82) is 0 Å². The molecular formula is C21H28. The average Bonchev–Trinajstić information content (AvgIpc) is 2.46. The molecule has 2 rings (SSSR count). The molecule has 0 saturated carbocycles. The van der Waals surface area contributed by atoms with Gasteiger partial charge in [0.2, 0.25) is 0 Å². The van der Waals surface area contributed by atoms with E-state index in [1.165, 1.54) is 61.2 Å². The number of aryl methyl sites for hydroxylation is 1. The van der Waals surface area contributed by atoms with Crippen LogP contribution in [0, 0.1) is 62.3 Å². The zero-order chi connectivity index (χ0) is 16.1. The van der Waals surface area contributed by atoms with E-state index in [4.69, 9.17) is 0 Å². The molecule has 0 heteroatoms. The second-order valence-electron chi connectivity index (χ2n) is 6.62. The number of hydrogen-bond acceptors (Lipinski definition) is 0.